The van der Waals surface area contributed by atoms with Gasteiger partial charge in [0, 0.05) is 49.0 Å². The van der Waals surface area contributed by atoms with Gasteiger partial charge in [0.15, 0.2) is 5.82 Å². The Balaban J connectivity index is 1.42. The van der Waals surface area contributed by atoms with Crippen molar-refractivity contribution < 1.29 is 4.39 Å². The summed E-state index contributed by atoms with van der Waals surface area (Å²) in [5.74, 6) is 0.698. The molecule has 2 aromatic carbocycles. The fourth-order valence-electron chi connectivity index (χ4n) is 4.55. The number of imidazole rings is 1. The normalized spacial score (nSPS) is 17.2. The van der Waals surface area contributed by atoms with E-state index >= 15 is 0 Å². The molecule has 4 heterocycles. The summed E-state index contributed by atoms with van der Waals surface area (Å²) in [4.78, 5) is 4.64. The van der Waals surface area contributed by atoms with E-state index in [0.29, 0.717) is 6.04 Å². The first-order valence-corrected chi connectivity index (χ1v) is 10.3. The average molecular weight is 399 g/mol. The van der Waals surface area contributed by atoms with Crippen molar-refractivity contribution in [3.8, 4) is 28.3 Å². The number of anilines is 1. The fraction of sp³-hybridized carbons (Fsp3) is 0.208. The van der Waals surface area contributed by atoms with Crippen LogP contribution >= 0.6 is 0 Å². The van der Waals surface area contributed by atoms with E-state index in [9.17, 15) is 4.39 Å². The van der Waals surface area contributed by atoms with Crippen LogP contribution in [0.25, 0.3) is 28.3 Å². The van der Waals surface area contributed by atoms with Gasteiger partial charge in [-0.25, -0.2) is 9.37 Å². The molecule has 0 amide bonds. The summed E-state index contributed by atoms with van der Waals surface area (Å²) in [6, 6.07) is 15.9. The molecule has 1 unspecified atom stereocenters. The van der Waals surface area contributed by atoms with Crippen LogP contribution in [0, 0.1) is 5.82 Å². The molecule has 150 valence electrons. The van der Waals surface area contributed by atoms with Crippen LogP contribution in [-0.2, 0) is 6.54 Å². The highest BCUT2D eigenvalue weighted by Crippen LogP contribution is 2.34. The molecule has 2 aliphatic heterocycles. The maximum absolute atomic E-state index is 13.4. The standard InChI is InChI=1S/C24H22FN5/c25-19-3-1-16(2-4-19)17-12-23-24-27-9-10-30(24)22-6-5-20(28-21-7-8-26-13-21)11-18(22)15-29(23)14-17/h1-6,9-12,14,21,26,28H,7-8,13,15H2. The van der Waals surface area contributed by atoms with Gasteiger partial charge in [0.25, 0.3) is 0 Å². The van der Waals surface area contributed by atoms with Crippen LogP contribution in [0.5, 0.6) is 0 Å². The Kier molecular flexibility index (Phi) is 3.99. The molecular formula is C24H22FN5. The van der Waals surface area contributed by atoms with Crippen molar-refractivity contribution in [3.63, 3.8) is 0 Å². The molecule has 0 aliphatic carbocycles. The molecule has 4 aromatic rings. The van der Waals surface area contributed by atoms with Crippen molar-refractivity contribution in [1.29, 1.82) is 0 Å². The van der Waals surface area contributed by atoms with Crippen LogP contribution in [0.4, 0.5) is 10.1 Å². The van der Waals surface area contributed by atoms with Crippen molar-refractivity contribution in [1.82, 2.24) is 19.4 Å². The van der Waals surface area contributed by atoms with E-state index in [1.54, 1.807) is 0 Å². The molecule has 6 rings (SSSR count). The smallest absolute Gasteiger partial charge is 0.161 e. The lowest BCUT2D eigenvalue weighted by Gasteiger charge is -2.16. The van der Waals surface area contributed by atoms with Crippen LogP contribution in [0.15, 0.2) is 67.1 Å². The van der Waals surface area contributed by atoms with Crippen molar-refractivity contribution in [3.05, 3.63) is 78.5 Å². The van der Waals surface area contributed by atoms with E-state index in [1.165, 1.54) is 17.7 Å². The Morgan fingerprint density at radius 2 is 1.97 bits per heavy atom. The van der Waals surface area contributed by atoms with Crippen LogP contribution < -0.4 is 10.6 Å². The minimum Gasteiger partial charge on any atom is -0.381 e. The predicted molar refractivity (Wildman–Crippen MR) is 116 cm³/mol. The Labute approximate surface area is 174 Å². The first-order chi connectivity index (χ1) is 14.7. The van der Waals surface area contributed by atoms with Crippen molar-refractivity contribution >= 4 is 5.69 Å². The van der Waals surface area contributed by atoms with Crippen LogP contribution in [0.3, 0.4) is 0 Å². The molecule has 6 heteroatoms. The van der Waals surface area contributed by atoms with Crippen LogP contribution in [0.2, 0.25) is 0 Å². The Morgan fingerprint density at radius 3 is 2.80 bits per heavy atom. The van der Waals surface area contributed by atoms with E-state index < -0.39 is 0 Å². The van der Waals surface area contributed by atoms with Gasteiger partial charge >= 0.3 is 0 Å². The molecule has 2 aromatic heterocycles. The van der Waals surface area contributed by atoms with Gasteiger partial charge in [-0.05, 0) is 60.5 Å². The largest absolute Gasteiger partial charge is 0.381 e. The van der Waals surface area contributed by atoms with E-state index in [0.717, 1.165) is 60.1 Å². The number of nitrogens with zero attached hydrogens (tertiary/aromatic N) is 3. The molecule has 2 N–H and O–H groups in total. The van der Waals surface area contributed by atoms with Crippen LogP contribution in [-0.4, -0.2) is 33.2 Å². The first-order valence-electron chi connectivity index (χ1n) is 10.3. The molecule has 0 radical (unpaired) electrons. The van der Waals surface area contributed by atoms with Gasteiger partial charge in [-0.3, -0.25) is 4.57 Å². The van der Waals surface area contributed by atoms with Gasteiger partial charge < -0.3 is 15.2 Å². The third kappa shape index (κ3) is 2.92. The highest BCUT2D eigenvalue weighted by molar-refractivity contribution is 5.72. The third-order valence-electron chi connectivity index (χ3n) is 6.05. The molecule has 0 spiro atoms. The summed E-state index contributed by atoms with van der Waals surface area (Å²) < 4.78 is 17.8. The molecule has 0 bridgehead atoms. The zero-order valence-corrected chi connectivity index (χ0v) is 16.5. The maximum Gasteiger partial charge on any atom is 0.161 e. The molecular weight excluding hydrogens is 377 g/mol. The lowest BCUT2D eigenvalue weighted by atomic mass is 10.1. The summed E-state index contributed by atoms with van der Waals surface area (Å²) in [6.07, 6.45) is 7.14. The average Bonchev–Trinajstić information content (AvgIpc) is 3.49. The van der Waals surface area contributed by atoms with Crippen molar-refractivity contribution in [2.45, 2.75) is 19.0 Å². The number of fused-ring (bicyclic) bond motifs is 5. The summed E-state index contributed by atoms with van der Waals surface area (Å²) >= 11 is 0. The summed E-state index contributed by atoms with van der Waals surface area (Å²) in [5.41, 5.74) is 6.67. The van der Waals surface area contributed by atoms with Gasteiger partial charge in [-0.1, -0.05) is 12.1 Å². The first kappa shape index (κ1) is 17.5. The molecule has 1 atom stereocenters. The lowest BCUT2D eigenvalue weighted by Crippen LogP contribution is -2.22. The number of benzene rings is 2. The van der Waals surface area contributed by atoms with Gasteiger partial charge in [-0.15, -0.1) is 0 Å². The molecule has 5 nitrogen and oxygen atoms in total. The zero-order valence-electron chi connectivity index (χ0n) is 16.5. The van der Waals surface area contributed by atoms with Gasteiger partial charge in [0.05, 0.1) is 11.4 Å². The topological polar surface area (TPSA) is 46.8 Å². The molecule has 30 heavy (non-hydrogen) atoms. The second-order valence-electron chi connectivity index (χ2n) is 8.05. The Bertz CT molecular complexity index is 1210. The van der Waals surface area contributed by atoms with Crippen molar-refractivity contribution in [2.75, 3.05) is 18.4 Å². The number of nitrogens with one attached hydrogen (secondary N) is 2. The minimum absolute atomic E-state index is 0.221. The number of rotatable bonds is 3. The molecule has 1 saturated heterocycles. The molecule has 2 aliphatic rings. The fourth-order valence-corrected chi connectivity index (χ4v) is 4.55. The quantitative estimate of drug-likeness (QED) is 0.476. The van der Waals surface area contributed by atoms with E-state index in [2.05, 4.69) is 55.2 Å². The SMILES string of the molecule is Fc1ccc(-c2cc3n(c2)Cc2cc(NC4CCNC4)ccc2-n2ccnc2-3)cc1. The summed E-state index contributed by atoms with van der Waals surface area (Å²) in [6.45, 7) is 2.83. The van der Waals surface area contributed by atoms with E-state index in [4.69, 9.17) is 0 Å². The Hall–Kier alpha value is -3.38. The summed E-state index contributed by atoms with van der Waals surface area (Å²) in [5, 5.41) is 7.06. The molecule has 1 fully saturated rings. The van der Waals surface area contributed by atoms with Crippen molar-refractivity contribution in [2.24, 2.45) is 0 Å². The highest BCUT2D eigenvalue weighted by atomic mass is 19.1. The monoisotopic (exact) mass is 399 g/mol. The third-order valence-corrected chi connectivity index (χ3v) is 6.05. The van der Waals surface area contributed by atoms with Crippen LogP contribution in [0.1, 0.15) is 12.0 Å². The predicted octanol–water partition coefficient (Wildman–Crippen LogP) is 4.28. The molecule has 0 saturated carbocycles. The van der Waals surface area contributed by atoms with E-state index in [1.807, 2.05) is 24.5 Å². The second kappa shape index (κ2) is 6.85. The minimum atomic E-state index is -0.221. The van der Waals surface area contributed by atoms with E-state index in [-0.39, 0.29) is 5.82 Å². The van der Waals surface area contributed by atoms with Gasteiger partial charge in [-0.2, -0.15) is 0 Å². The van der Waals surface area contributed by atoms with Gasteiger partial charge in [0.1, 0.15) is 5.82 Å². The number of aromatic nitrogens is 3. The number of hydrogen-bond donors (Lipinski definition) is 2. The second-order valence-corrected chi connectivity index (χ2v) is 8.05. The maximum atomic E-state index is 13.4. The van der Waals surface area contributed by atoms with Gasteiger partial charge in [0.2, 0.25) is 0 Å². The summed E-state index contributed by atoms with van der Waals surface area (Å²) in [7, 11) is 0. The zero-order chi connectivity index (χ0) is 20.1. The number of halogens is 1. The Morgan fingerprint density at radius 1 is 1.07 bits per heavy atom. The number of hydrogen-bond acceptors (Lipinski definition) is 3. The lowest BCUT2D eigenvalue weighted by molar-refractivity contribution is 0.628. The highest BCUT2D eigenvalue weighted by Gasteiger charge is 2.22.